The Morgan fingerprint density at radius 3 is 2.55 bits per heavy atom. The molecule has 2 rings (SSSR count). The molecule has 0 saturated heterocycles. The Hall–Kier alpha value is -1.51. The molecule has 2 aromatic carbocycles. The maximum atomic E-state index is 8.94. The third-order valence-corrected chi connectivity index (χ3v) is 3.79. The van der Waals surface area contributed by atoms with E-state index in [-0.39, 0.29) is 0 Å². The molecule has 0 N–H and O–H groups in total. The Morgan fingerprint density at radius 1 is 1.10 bits per heavy atom. The van der Waals surface area contributed by atoms with Crippen molar-refractivity contribution in [1.29, 1.82) is 5.26 Å². The molecule has 0 aliphatic heterocycles. The minimum atomic E-state index is 0.405. The second-order valence-electron chi connectivity index (χ2n) is 4.01. The SMILES string of the molecule is COc1cc(COc2ccc(Br)cc2Br)ccc1C#N. The van der Waals surface area contributed by atoms with E-state index in [0.717, 1.165) is 20.3 Å². The van der Waals surface area contributed by atoms with Gasteiger partial charge in [-0.3, -0.25) is 0 Å². The number of hydrogen-bond donors (Lipinski definition) is 0. The van der Waals surface area contributed by atoms with Crippen molar-refractivity contribution >= 4 is 31.9 Å². The normalized spacial score (nSPS) is 9.90. The molecular formula is C15H11Br2NO2. The molecule has 0 aromatic heterocycles. The molecule has 3 nitrogen and oxygen atoms in total. The van der Waals surface area contributed by atoms with Crippen molar-refractivity contribution in [2.24, 2.45) is 0 Å². The Bertz CT molecular complexity index is 665. The van der Waals surface area contributed by atoms with Gasteiger partial charge in [0.25, 0.3) is 0 Å². The van der Waals surface area contributed by atoms with Crippen LogP contribution in [-0.4, -0.2) is 7.11 Å². The lowest BCUT2D eigenvalue weighted by Gasteiger charge is -2.10. The van der Waals surface area contributed by atoms with E-state index in [0.29, 0.717) is 17.9 Å². The van der Waals surface area contributed by atoms with Gasteiger partial charge in [-0.15, -0.1) is 0 Å². The monoisotopic (exact) mass is 395 g/mol. The third kappa shape index (κ3) is 3.53. The van der Waals surface area contributed by atoms with Crippen LogP contribution in [0.5, 0.6) is 11.5 Å². The molecule has 20 heavy (non-hydrogen) atoms. The van der Waals surface area contributed by atoms with Crippen LogP contribution in [0.4, 0.5) is 0 Å². The van der Waals surface area contributed by atoms with E-state index in [9.17, 15) is 0 Å². The number of methoxy groups -OCH3 is 1. The topological polar surface area (TPSA) is 42.2 Å². The summed E-state index contributed by atoms with van der Waals surface area (Å²) in [7, 11) is 1.55. The van der Waals surface area contributed by atoms with Crippen molar-refractivity contribution in [1.82, 2.24) is 0 Å². The van der Waals surface area contributed by atoms with Crippen molar-refractivity contribution in [3.05, 3.63) is 56.5 Å². The Kier molecular flexibility index (Phi) is 5.05. The maximum Gasteiger partial charge on any atom is 0.137 e. The summed E-state index contributed by atoms with van der Waals surface area (Å²) >= 11 is 6.84. The van der Waals surface area contributed by atoms with Gasteiger partial charge in [-0.2, -0.15) is 5.26 Å². The highest BCUT2D eigenvalue weighted by molar-refractivity contribution is 9.11. The van der Waals surface area contributed by atoms with E-state index in [4.69, 9.17) is 14.7 Å². The van der Waals surface area contributed by atoms with Gasteiger partial charge in [0.1, 0.15) is 24.2 Å². The van der Waals surface area contributed by atoms with E-state index in [1.807, 2.05) is 30.3 Å². The van der Waals surface area contributed by atoms with Gasteiger partial charge in [0.2, 0.25) is 0 Å². The number of hydrogen-bond acceptors (Lipinski definition) is 3. The lowest BCUT2D eigenvalue weighted by atomic mass is 10.1. The summed E-state index contributed by atoms with van der Waals surface area (Å²) in [5.41, 5.74) is 1.46. The molecule has 0 amide bonds. The summed E-state index contributed by atoms with van der Waals surface area (Å²) < 4.78 is 12.8. The molecule has 0 bridgehead atoms. The van der Waals surface area contributed by atoms with Gasteiger partial charge in [0, 0.05) is 4.47 Å². The Labute approximate surface area is 134 Å². The van der Waals surface area contributed by atoms with E-state index < -0.39 is 0 Å². The van der Waals surface area contributed by atoms with Gasteiger partial charge in [-0.25, -0.2) is 0 Å². The summed E-state index contributed by atoms with van der Waals surface area (Å²) in [4.78, 5) is 0. The summed E-state index contributed by atoms with van der Waals surface area (Å²) in [6, 6.07) is 13.2. The summed E-state index contributed by atoms with van der Waals surface area (Å²) in [6.07, 6.45) is 0. The smallest absolute Gasteiger partial charge is 0.137 e. The van der Waals surface area contributed by atoms with Crippen molar-refractivity contribution in [3.8, 4) is 17.6 Å². The molecule has 0 unspecified atom stereocenters. The van der Waals surface area contributed by atoms with Gasteiger partial charge in [0.15, 0.2) is 0 Å². The summed E-state index contributed by atoms with van der Waals surface area (Å²) in [6.45, 7) is 0.405. The summed E-state index contributed by atoms with van der Waals surface area (Å²) in [5, 5.41) is 8.94. The van der Waals surface area contributed by atoms with Crippen LogP contribution in [0.1, 0.15) is 11.1 Å². The molecule has 2 aromatic rings. The van der Waals surface area contributed by atoms with E-state index in [2.05, 4.69) is 37.9 Å². The van der Waals surface area contributed by atoms with E-state index >= 15 is 0 Å². The molecule has 0 heterocycles. The second kappa shape index (κ2) is 6.78. The number of rotatable bonds is 4. The quantitative estimate of drug-likeness (QED) is 0.753. The lowest BCUT2D eigenvalue weighted by Crippen LogP contribution is -1.98. The van der Waals surface area contributed by atoms with Gasteiger partial charge in [0.05, 0.1) is 17.1 Å². The van der Waals surface area contributed by atoms with Crippen LogP contribution >= 0.6 is 31.9 Å². The minimum Gasteiger partial charge on any atom is -0.495 e. The zero-order valence-corrected chi connectivity index (χ0v) is 13.9. The highest BCUT2D eigenvalue weighted by Crippen LogP contribution is 2.29. The number of ether oxygens (including phenoxy) is 2. The molecule has 0 fully saturated rings. The fourth-order valence-corrected chi connectivity index (χ4v) is 2.83. The largest absolute Gasteiger partial charge is 0.495 e. The predicted octanol–water partition coefficient (Wildman–Crippen LogP) is 4.67. The van der Waals surface area contributed by atoms with Gasteiger partial charge >= 0.3 is 0 Å². The first-order valence-electron chi connectivity index (χ1n) is 5.79. The fourth-order valence-electron chi connectivity index (χ4n) is 1.67. The molecular weight excluding hydrogens is 386 g/mol. The average Bonchev–Trinajstić information content (AvgIpc) is 2.46. The molecule has 0 atom stereocenters. The molecule has 0 radical (unpaired) electrons. The molecule has 0 aliphatic carbocycles. The zero-order chi connectivity index (χ0) is 14.5. The first-order chi connectivity index (χ1) is 9.63. The minimum absolute atomic E-state index is 0.405. The van der Waals surface area contributed by atoms with Crippen LogP contribution < -0.4 is 9.47 Å². The first kappa shape index (κ1) is 14.9. The molecule has 0 saturated carbocycles. The highest BCUT2D eigenvalue weighted by atomic mass is 79.9. The number of halogens is 2. The molecule has 102 valence electrons. The van der Waals surface area contributed by atoms with Crippen molar-refractivity contribution in [2.75, 3.05) is 7.11 Å². The Balaban J connectivity index is 2.13. The molecule has 5 heteroatoms. The van der Waals surface area contributed by atoms with E-state index in [1.54, 1.807) is 13.2 Å². The maximum absolute atomic E-state index is 8.94. The standard InChI is InChI=1S/C15H11Br2NO2/c1-19-15-6-10(2-3-11(15)8-18)9-20-14-5-4-12(16)7-13(14)17/h2-7H,9H2,1H3. The van der Waals surface area contributed by atoms with Gasteiger partial charge < -0.3 is 9.47 Å². The molecule has 0 spiro atoms. The lowest BCUT2D eigenvalue weighted by molar-refractivity contribution is 0.303. The van der Waals surface area contributed by atoms with Crippen molar-refractivity contribution in [2.45, 2.75) is 6.61 Å². The number of benzene rings is 2. The van der Waals surface area contributed by atoms with Crippen LogP contribution in [0.15, 0.2) is 45.3 Å². The zero-order valence-electron chi connectivity index (χ0n) is 10.7. The molecule has 0 aliphatic rings. The second-order valence-corrected chi connectivity index (χ2v) is 5.78. The van der Waals surface area contributed by atoms with Crippen LogP contribution in [-0.2, 0) is 6.61 Å². The van der Waals surface area contributed by atoms with Crippen LogP contribution in [0.2, 0.25) is 0 Å². The highest BCUT2D eigenvalue weighted by Gasteiger charge is 2.06. The number of nitriles is 1. The van der Waals surface area contributed by atoms with Gasteiger partial charge in [-0.05, 0) is 51.8 Å². The fraction of sp³-hybridized carbons (Fsp3) is 0.133. The first-order valence-corrected chi connectivity index (χ1v) is 7.37. The van der Waals surface area contributed by atoms with Crippen LogP contribution in [0.3, 0.4) is 0 Å². The van der Waals surface area contributed by atoms with Crippen LogP contribution in [0, 0.1) is 11.3 Å². The average molecular weight is 397 g/mol. The van der Waals surface area contributed by atoms with Crippen molar-refractivity contribution in [3.63, 3.8) is 0 Å². The summed E-state index contributed by atoms with van der Waals surface area (Å²) in [5.74, 6) is 1.32. The van der Waals surface area contributed by atoms with Crippen LogP contribution in [0.25, 0.3) is 0 Å². The number of nitrogens with zero attached hydrogens (tertiary/aromatic N) is 1. The Morgan fingerprint density at radius 2 is 1.90 bits per heavy atom. The predicted molar refractivity (Wildman–Crippen MR) is 83.9 cm³/mol. The van der Waals surface area contributed by atoms with Crippen molar-refractivity contribution < 1.29 is 9.47 Å². The van der Waals surface area contributed by atoms with E-state index in [1.165, 1.54) is 0 Å². The van der Waals surface area contributed by atoms with Gasteiger partial charge in [-0.1, -0.05) is 22.0 Å². The third-order valence-electron chi connectivity index (χ3n) is 2.67.